The molecule has 96 valence electrons. The minimum atomic E-state index is 0.204. The van der Waals surface area contributed by atoms with Gasteiger partial charge in [0.15, 0.2) is 0 Å². The van der Waals surface area contributed by atoms with Crippen LogP contribution in [0.5, 0.6) is 0 Å². The number of ether oxygens (including phenoxy) is 1. The first-order valence-electron chi connectivity index (χ1n) is 6.34. The molecule has 1 aromatic rings. The molecular formula is C14H24N2O. The molecule has 2 unspecified atom stereocenters. The summed E-state index contributed by atoms with van der Waals surface area (Å²) in [7, 11) is 1.75. The molecule has 0 saturated heterocycles. The van der Waals surface area contributed by atoms with Crippen LogP contribution < -0.4 is 11.3 Å². The molecule has 0 saturated carbocycles. The van der Waals surface area contributed by atoms with Crippen LogP contribution in [-0.4, -0.2) is 19.3 Å². The molecule has 0 bridgehead atoms. The largest absolute Gasteiger partial charge is 0.380 e. The minimum absolute atomic E-state index is 0.204. The lowest BCUT2D eigenvalue weighted by atomic mass is 10.0. The monoisotopic (exact) mass is 236 g/mol. The molecule has 0 aliphatic rings. The summed E-state index contributed by atoms with van der Waals surface area (Å²) < 4.78 is 5.41. The summed E-state index contributed by atoms with van der Waals surface area (Å²) in [6, 6.07) is 10.8. The van der Waals surface area contributed by atoms with Gasteiger partial charge in [-0.05, 0) is 31.2 Å². The minimum Gasteiger partial charge on any atom is -0.380 e. The third-order valence-corrected chi connectivity index (χ3v) is 3.19. The molecule has 3 N–H and O–H groups in total. The van der Waals surface area contributed by atoms with E-state index in [2.05, 4.69) is 36.6 Å². The number of nitrogens with two attached hydrogens (primary N) is 1. The zero-order chi connectivity index (χ0) is 12.5. The summed E-state index contributed by atoms with van der Waals surface area (Å²) in [6.07, 6.45) is 4.45. The van der Waals surface area contributed by atoms with Crippen molar-refractivity contribution in [2.24, 2.45) is 5.84 Å². The Morgan fingerprint density at radius 3 is 2.53 bits per heavy atom. The van der Waals surface area contributed by atoms with Crippen LogP contribution in [0.1, 0.15) is 31.7 Å². The summed E-state index contributed by atoms with van der Waals surface area (Å²) in [5.74, 6) is 5.57. The number of nitrogens with one attached hydrogen (secondary N) is 1. The van der Waals surface area contributed by atoms with E-state index in [1.54, 1.807) is 7.11 Å². The molecule has 0 spiro atoms. The molecule has 3 nitrogen and oxygen atoms in total. The molecule has 0 aliphatic carbocycles. The van der Waals surface area contributed by atoms with E-state index < -0.39 is 0 Å². The maximum Gasteiger partial charge on any atom is 0.0735 e. The Morgan fingerprint density at radius 2 is 2.00 bits per heavy atom. The highest BCUT2D eigenvalue weighted by Gasteiger charge is 2.17. The van der Waals surface area contributed by atoms with E-state index in [1.807, 2.05) is 6.07 Å². The Kier molecular flexibility index (Phi) is 6.86. The summed E-state index contributed by atoms with van der Waals surface area (Å²) >= 11 is 0. The molecular weight excluding hydrogens is 212 g/mol. The Morgan fingerprint density at radius 1 is 1.29 bits per heavy atom. The van der Waals surface area contributed by atoms with E-state index in [4.69, 9.17) is 10.6 Å². The first kappa shape index (κ1) is 14.2. The lowest BCUT2D eigenvalue weighted by molar-refractivity contribution is 0.0619. The summed E-state index contributed by atoms with van der Waals surface area (Å²) in [6.45, 7) is 2.12. The van der Waals surface area contributed by atoms with Gasteiger partial charge in [-0.3, -0.25) is 11.3 Å². The van der Waals surface area contributed by atoms with Crippen LogP contribution in [0, 0.1) is 0 Å². The first-order valence-corrected chi connectivity index (χ1v) is 6.34. The Hall–Kier alpha value is -0.900. The van der Waals surface area contributed by atoms with Gasteiger partial charge >= 0.3 is 0 Å². The number of methoxy groups -OCH3 is 1. The van der Waals surface area contributed by atoms with Crippen LogP contribution in [0.3, 0.4) is 0 Å². The molecule has 0 heterocycles. The summed E-state index contributed by atoms with van der Waals surface area (Å²) in [4.78, 5) is 0. The number of hydrogen-bond acceptors (Lipinski definition) is 3. The van der Waals surface area contributed by atoms with Gasteiger partial charge in [0.2, 0.25) is 0 Å². The van der Waals surface area contributed by atoms with Crippen LogP contribution in [-0.2, 0) is 11.2 Å². The van der Waals surface area contributed by atoms with Crippen molar-refractivity contribution >= 4 is 0 Å². The van der Waals surface area contributed by atoms with Crippen LogP contribution in [0.25, 0.3) is 0 Å². The van der Waals surface area contributed by atoms with Gasteiger partial charge in [0.05, 0.1) is 6.10 Å². The van der Waals surface area contributed by atoms with Crippen LogP contribution in [0.4, 0.5) is 0 Å². The SMILES string of the molecule is CCC(OC)C(CCCc1ccccc1)NN. The Balaban J connectivity index is 2.33. The lowest BCUT2D eigenvalue weighted by Crippen LogP contribution is -2.44. The van der Waals surface area contributed by atoms with Crippen LogP contribution in [0.2, 0.25) is 0 Å². The van der Waals surface area contributed by atoms with Gasteiger partial charge in [0.1, 0.15) is 0 Å². The molecule has 0 fully saturated rings. The Bertz CT molecular complexity index is 286. The molecule has 0 radical (unpaired) electrons. The molecule has 0 aliphatic heterocycles. The summed E-state index contributed by atoms with van der Waals surface area (Å²) in [5, 5.41) is 0. The topological polar surface area (TPSA) is 47.3 Å². The maximum atomic E-state index is 5.57. The fourth-order valence-electron chi connectivity index (χ4n) is 2.16. The van der Waals surface area contributed by atoms with Crippen molar-refractivity contribution in [3.8, 4) is 0 Å². The second-order valence-electron chi connectivity index (χ2n) is 4.33. The number of hydrogen-bond donors (Lipinski definition) is 2. The predicted molar refractivity (Wildman–Crippen MR) is 71.6 cm³/mol. The van der Waals surface area contributed by atoms with Gasteiger partial charge in [-0.15, -0.1) is 0 Å². The molecule has 2 atom stereocenters. The van der Waals surface area contributed by atoms with E-state index in [0.717, 1.165) is 25.7 Å². The molecule has 1 rings (SSSR count). The predicted octanol–water partition coefficient (Wildman–Crippen LogP) is 2.27. The van der Waals surface area contributed by atoms with Crippen LogP contribution in [0.15, 0.2) is 30.3 Å². The van der Waals surface area contributed by atoms with Crippen molar-refractivity contribution in [2.45, 2.75) is 44.8 Å². The molecule has 3 heteroatoms. The van der Waals surface area contributed by atoms with Crippen molar-refractivity contribution in [3.05, 3.63) is 35.9 Å². The normalized spacial score (nSPS) is 14.5. The number of benzene rings is 1. The molecule has 0 aromatic heterocycles. The van der Waals surface area contributed by atoms with Crippen LogP contribution >= 0.6 is 0 Å². The van der Waals surface area contributed by atoms with E-state index in [9.17, 15) is 0 Å². The first-order chi connectivity index (χ1) is 8.31. The van der Waals surface area contributed by atoms with Crippen molar-refractivity contribution in [3.63, 3.8) is 0 Å². The fraction of sp³-hybridized carbons (Fsp3) is 0.571. The second-order valence-corrected chi connectivity index (χ2v) is 4.33. The average molecular weight is 236 g/mol. The van der Waals surface area contributed by atoms with Gasteiger partial charge in [0, 0.05) is 13.2 Å². The highest BCUT2D eigenvalue weighted by atomic mass is 16.5. The van der Waals surface area contributed by atoms with Gasteiger partial charge in [-0.2, -0.15) is 0 Å². The molecule has 0 amide bonds. The Labute approximate surface area is 104 Å². The zero-order valence-corrected chi connectivity index (χ0v) is 10.9. The lowest BCUT2D eigenvalue weighted by Gasteiger charge is -2.24. The van der Waals surface area contributed by atoms with E-state index in [1.165, 1.54) is 5.56 Å². The maximum absolute atomic E-state index is 5.57. The average Bonchev–Trinajstić information content (AvgIpc) is 2.39. The van der Waals surface area contributed by atoms with E-state index >= 15 is 0 Å². The van der Waals surface area contributed by atoms with Crippen molar-refractivity contribution in [1.82, 2.24) is 5.43 Å². The third kappa shape index (κ3) is 4.86. The highest BCUT2D eigenvalue weighted by Crippen LogP contribution is 2.11. The van der Waals surface area contributed by atoms with Crippen molar-refractivity contribution in [1.29, 1.82) is 0 Å². The van der Waals surface area contributed by atoms with Crippen molar-refractivity contribution in [2.75, 3.05) is 7.11 Å². The van der Waals surface area contributed by atoms with Gasteiger partial charge in [-0.25, -0.2) is 0 Å². The quantitative estimate of drug-likeness (QED) is 0.537. The second kappa shape index (κ2) is 8.23. The summed E-state index contributed by atoms with van der Waals surface area (Å²) in [5.41, 5.74) is 4.25. The number of aryl methyl sites for hydroxylation is 1. The standard InChI is InChI=1S/C14H24N2O/c1-3-14(17-2)13(16-15)11-7-10-12-8-5-4-6-9-12/h4-6,8-9,13-14,16H,3,7,10-11,15H2,1-2H3. The number of rotatable bonds is 8. The smallest absolute Gasteiger partial charge is 0.0735 e. The van der Waals surface area contributed by atoms with Gasteiger partial charge < -0.3 is 4.74 Å². The van der Waals surface area contributed by atoms with Gasteiger partial charge in [-0.1, -0.05) is 37.3 Å². The van der Waals surface area contributed by atoms with Crippen molar-refractivity contribution < 1.29 is 4.74 Å². The zero-order valence-electron chi connectivity index (χ0n) is 10.9. The van der Waals surface area contributed by atoms with E-state index in [-0.39, 0.29) is 12.1 Å². The third-order valence-electron chi connectivity index (χ3n) is 3.19. The van der Waals surface area contributed by atoms with E-state index in [0.29, 0.717) is 0 Å². The fourth-order valence-corrected chi connectivity index (χ4v) is 2.16. The molecule has 1 aromatic carbocycles. The molecule has 17 heavy (non-hydrogen) atoms. The number of hydrazine groups is 1. The highest BCUT2D eigenvalue weighted by molar-refractivity contribution is 5.14. The van der Waals surface area contributed by atoms with Gasteiger partial charge in [0.25, 0.3) is 0 Å².